The van der Waals surface area contributed by atoms with E-state index in [-0.39, 0.29) is 19.0 Å². The summed E-state index contributed by atoms with van der Waals surface area (Å²) in [5.41, 5.74) is 0. The molecule has 0 aliphatic carbocycles. The minimum atomic E-state index is -0.915. The van der Waals surface area contributed by atoms with Crippen LogP contribution in [0.4, 0.5) is 4.79 Å². The molecular formula is C12H23N3O4. The fraction of sp³-hybridized carbons (Fsp3) is 0.750. The van der Waals surface area contributed by atoms with Gasteiger partial charge < -0.3 is 10.4 Å². The number of carbonyl (C=O) groups is 3. The molecule has 0 bridgehead atoms. The van der Waals surface area contributed by atoms with E-state index in [1.807, 2.05) is 13.8 Å². The molecule has 3 N–H and O–H groups in total. The molecule has 19 heavy (non-hydrogen) atoms. The van der Waals surface area contributed by atoms with Gasteiger partial charge in [-0.05, 0) is 27.7 Å². The molecule has 0 aliphatic heterocycles. The van der Waals surface area contributed by atoms with Crippen LogP contribution < -0.4 is 10.6 Å². The van der Waals surface area contributed by atoms with Crippen LogP contribution in [0.1, 0.15) is 34.1 Å². The molecule has 0 saturated carbocycles. The Bertz CT molecular complexity index is 331. The maximum atomic E-state index is 11.9. The molecule has 0 fully saturated rings. The third-order valence-electron chi connectivity index (χ3n) is 2.70. The van der Waals surface area contributed by atoms with Gasteiger partial charge in [0.05, 0.1) is 12.5 Å². The SMILES string of the molecule is CCNC(=O)NC(=O)C(C)N(CCC(=O)O)C(C)C. The van der Waals surface area contributed by atoms with Crippen molar-refractivity contribution < 1.29 is 19.5 Å². The first-order valence-corrected chi connectivity index (χ1v) is 6.35. The summed E-state index contributed by atoms with van der Waals surface area (Å²) < 4.78 is 0. The van der Waals surface area contributed by atoms with E-state index in [2.05, 4.69) is 10.6 Å². The number of carboxylic acid groups (broad SMARTS) is 1. The summed E-state index contributed by atoms with van der Waals surface area (Å²) in [6.45, 7) is 7.84. The van der Waals surface area contributed by atoms with Gasteiger partial charge in [-0.3, -0.25) is 19.8 Å². The van der Waals surface area contributed by atoms with Crippen molar-refractivity contribution in [1.82, 2.24) is 15.5 Å². The Morgan fingerprint density at radius 1 is 1.21 bits per heavy atom. The summed E-state index contributed by atoms with van der Waals surface area (Å²) in [6.07, 6.45) is -0.0447. The quantitative estimate of drug-likeness (QED) is 0.624. The van der Waals surface area contributed by atoms with Gasteiger partial charge in [0.1, 0.15) is 0 Å². The Kier molecular flexibility index (Phi) is 7.74. The first-order chi connectivity index (χ1) is 8.79. The molecule has 0 heterocycles. The molecule has 0 aliphatic rings. The summed E-state index contributed by atoms with van der Waals surface area (Å²) >= 11 is 0. The van der Waals surface area contributed by atoms with Crippen molar-refractivity contribution in [1.29, 1.82) is 0 Å². The van der Waals surface area contributed by atoms with Crippen LogP contribution in [-0.4, -0.2) is 53.1 Å². The summed E-state index contributed by atoms with van der Waals surface area (Å²) in [7, 11) is 0. The zero-order valence-corrected chi connectivity index (χ0v) is 11.9. The van der Waals surface area contributed by atoms with Crippen LogP contribution >= 0.6 is 0 Å². The third kappa shape index (κ3) is 6.76. The van der Waals surface area contributed by atoms with Crippen LogP contribution in [0.5, 0.6) is 0 Å². The smallest absolute Gasteiger partial charge is 0.321 e. The average Bonchev–Trinajstić information content (AvgIpc) is 2.28. The number of aliphatic carboxylic acids is 1. The van der Waals surface area contributed by atoms with E-state index in [0.29, 0.717) is 6.54 Å². The van der Waals surface area contributed by atoms with Gasteiger partial charge in [0, 0.05) is 19.1 Å². The average molecular weight is 273 g/mol. The summed E-state index contributed by atoms with van der Waals surface area (Å²) in [4.78, 5) is 35.4. The zero-order valence-electron chi connectivity index (χ0n) is 11.9. The second-order valence-corrected chi connectivity index (χ2v) is 4.50. The molecule has 1 atom stereocenters. The van der Waals surface area contributed by atoms with Crippen molar-refractivity contribution in [3.63, 3.8) is 0 Å². The number of nitrogens with zero attached hydrogens (tertiary/aromatic N) is 1. The second kappa shape index (κ2) is 8.47. The maximum absolute atomic E-state index is 11.9. The Balaban J connectivity index is 4.52. The normalized spacial score (nSPS) is 12.3. The molecule has 1 unspecified atom stereocenters. The monoisotopic (exact) mass is 273 g/mol. The van der Waals surface area contributed by atoms with Crippen molar-refractivity contribution in [3.8, 4) is 0 Å². The van der Waals surface area contributed by atoms with Crippen LogP contribution in [-0.2, 0) is 9.59 Å². The van der Waals surface area contributed by atoms with Gasteiger partial charge in [0.25, 0.3) is 0 Å². The van der Waals surface area contributed by atoms with E-state index in [4.69, 9.17) is 5.11 Å². The summed E-state index contributed by atoms with van der Waals surface area (Å²) in [5, 5.41) is 13.4. The van der Waals surface area contributed by atoms with Gasteiger partial charge in [0.15, 0.2) is 0 Å². The predicted octanol–water partition coefficient (Wildman–Crippen LogP) is 0.406. The van der Waals surface area contributed by atoms with Gasteiger partial charge in [-0.15, -0.1) is 0 Å². The highest BCUT2D eigenvalue weighted by Crippen LogP contribution is 2.06. The van der Waals surface area contributed by atoms with E-state index in [1.165, 1.54) is 0 Å². The standard InChI is InChI=1S/C12H23N3O4/c1-5-13-12(19)14-11(18)9(4)15(8(2)3)7-6-10(16)17/h8-9H,5-7H2,1-4H3,(H,16,17)(H2,13,14,18,19). The number of hydrogen-bond donors (Lipinski definition) is 3. The number of rotatable bonds is 7. The molecule has 0 aromatic carbocycles. The highest BCUT2D eigenvalue weighted by molar-refractivity contribution is 5.96. The van der Waals surface area contributed by atoms with Crippen molar-refractivity contribution in [2.75, 3.05) is 13.1 Å². The van der Waals surface area contributed by atoms with E-state index >= 15 is 0 Å². The molecule has 0 saturated heterocycles. The molecule has 7 heteroatoms. The number of nitrogens with one attached hydrogen (secondary N) is 2. The molecule has 3 amide bonds. The molecule has 7 nitrogen and oxygen atoms in total. The fourth-order valence-electron chi connectivity index (χ4n) is 1.70. The lowest BCUT2D eigenvalue weighted by Crippen LogP contribution is -2.52. The second-order valence-electron chi connectivity index (χ2n) is 4.50. The number of imide groups is 1. The molecule has 0 aromatic heterocycles. The highest BCUT2D eigenvalue weighted by Gasteiger charge is 2.25. The maximum Gasteiger partial charge on any atom is 0.321 e. The topological polar surface area (TPSA) is 98.7 Å². The Hall–Kier alpha value is -1.63. The third-order valence-corrected chi connectivity index (χ3v) is 2.70. The molecule has 110 valence electrons. The lowest BCUT2D eigenvalue weighted by molar-refractivity contribution is -0.138. The molecule has 0 aromatic rings. The van der Waals surface area contributed by atoms with E-state index in [9.17, 15) is 14.4 Å². The molecule has 0 radical (unpaired) electrons. The van der Waals surface area contributed by atoms with Crippen molar-refractivity contribution in [3.05, 3.63) is 0 Å². The lowest BCUT2D eigenvalue weighted by atomic mass is 10.2. The number of amides is 3. The van der Waals surface area contributed by atoms with Gasteiger partial charge in [-0.2, -0.15) is 0 Å². The summed E-state index contributed by atoms with van der Waals surface area (Å²) in [5.74, 6) is -1.35. The van der Waals surface area contributed by atoms with Crippen LogP contribution in [0.2, 0.25) is 0 Å². The number of carbonyl (C=O) groups excluding carboxylic acids is 2. The number of urea groups is 1. The minimum absolute atomic E-state index is 0.00864. The van der Waals surface area contributed by atoms with Crippen LogP contribution in [0, 0.1) is 0 Å². The minimum Gasteiger partial charge on any atom is -0.481 e. The van der Waals surface area contributed by atoms with Crippen LogP contribution in [0.3, 0.4) is 0 Å². The van der Waals surface area contributed by atoms with E-state index in [0.717, 1.165) is 0 Å². The van der Waals surface area contributed by atoms with Gasteiger partial charge in [-0.25, -0.2) is 4.79 Å². The highest BCUT2D eigenvalue weighted by atomic mass is 16.4. The molecule has 0 rings (SSSR count). The summed E-state index contributed by atoms with van der Waals surface area (Å²) in [6, 6.07) is -1.10. The predicted molar refractivity (Wildman–Crippen MR) is 70.8 cm³/mol. The molecular weight excluding hydrogens is 250 g/mol. The fourth-order valence-corrected chi connectivity index (χ4v) is 1.70. The van der Waals surface area contributed by atoms with Crippen LogP contribution in [0.15, 0.2) is 0 Å². The van der Waals surface area contributed by atoms with E-state index < -0.39 is 23.9 Å². The number of carboxylic acids is 1. The molecule has 0 spiro atoms. The first kappa shape index (κ1) is 17.4. The van der Waals surface area contributed by atoms with Gasteiger partial charge >= 0.3 is 12.0 Å². The largest absolute Gasteiger partial charge is 0.481 e. The van der Waals surface area contributed by atoms with Crippen LogP contribution in [0.25, 0.3) is 0 Å². The van der Waals surface area contributed by atoms with Crippen molar-refractivity contribution in [2.24, 2.45) is 0 Å². The Morgan fingerprint density at radius 2 is 1.79 bits per heavy atom. The van der Waals surface area contributed by atoms with E-state index in [1.54, 1.807) is 18.7 Å². The van der Waals surface area contributed by atoms with Gasteiger partial charge in [-0.1, -0.05) is 0 Å². The first-order valence-electron chi connectivity index (χ1n) is 6.35. The van der Waals surface area contributed by atoms with Crippen molar-refractivity contribution in [2.45, 2.75) is 46.2 Å². The van der Waals surface area contributed by atoms with Gasteiger partial charge in [0.2, 0.25) is 5.91 Å². The lowest BCUT2D eigenvalue weighted by Gasteiger charge is -2.31. The zero-order chi connectivity index (χ0) is 15.0. The van der Waals surface area contributed by atoms with Crippen molar-refractivity contribution >= 4 is 17.9 Å². The number of hydrogen-bond acceptors (Lipinski definition) is 4. The Morgan fingerprint density at radius 3 is 2.21 bits per heavy atom. The Labute approximate surface area is 113 Å².